The summed E-state index contributed by atoms with van der Waals surface area (Å²) >= 11 is 0. The van der Waals surface area contributed by atoms with Gasteiger partial charge >= 0.3 is 0 Å². The first-order valence-corrected chi connectivity index (χ1v) is 5.02. The summed E-state index contributed by atoms with van der Waals surface area (Å²) < 4.78 is 7.04. The number of hydrogen-bond donors (Lipinski definition) is 1. The van der Waals surface area contributed by atoms with Crippen LogP contribution in [0.2, 0.25) is 0 Å². The maximum Gasteiger partial charge on any atom is 0.201 e. The average Bonchev–Trinajstić information content (AvgIpc) is 2.56. The van der Waals surface area contributed by atoms with Gasteiger partial charge in [0.25, 0.3) is 0 Å². The molecule has 2 aromatic rings. The summed E-state index contributed by atoms with van der Waals surface area (Å²) in [6.07, 6.45) is 0.945. The van der Waals surface area contributed by atoms with E-state index >= 15 is 0 Å². The summed E-state index contributed by atoms with van der Waals surface area (Å²) in [6, 6.07) is 7.97. The van der Waals surface area contributed by atoms with Crippen LogP contribution in [0.1, 0.15) is 6.42 Å². The predicted molar refractivity (Wildman–Crippen MR) is 60.6 cm³/mol. The fourth-order valence-electron chi connectivity index (χ4n) is 1.70. The van der Waals surface area contributed by atoms with Crippen molar-refractivity contribution in [2.24, 2.45) is 0 Å². The SMILES string of the molecule is COCCCn1c(N)nc2ccccc21. The molecular formula is C11H15N3O. The third-order valence-electron chi connectivity index (χ3n) is 2.41. The molecular weight excluding hydrogens is 190 g/mol. The van der Waals surface area contributed by atoms with Crippen LogP contribution in [-0.4, -0.2) is 23.3 Å². The zero-order valence-corrected chi connectivity index (χ0v) is 8.81. The molecule has 15 heavy (non-hydrogen) atoms. The molecule has 1 aromatic heterocycles. The van der Waals surface area contributed by atoms with Crippen molar-refractivity contribution >= 4 is 17.0 Å². The number of nitrogen functional groups attached to an aromatic ring is 1. The molecule has 80 valence electrons. The molecule has 0 fully saturated rings. The lowest BCUT2D eigenvalue weighted by atomic mass is 10.3. The van der Waals surface area contributed by atoms with Crippen molar-refractivity contribution in [3.05, 3.63) is 24.3 Å². The van der Waals surface area contributed by atoms with Crippen molar-refractivity contribution in [1.29, 1.82) is 0 Å². The summed E-state index contributed by atoms with van der Waals surface area (Å²) in [4.78, 5) is 4.29. The van der Waals surface area contributed by atoms with Crippen molar-refractivity contribution in [3.8, 4) is 0 Å². The van der Waals surface area contributed by atoms with E-state index in [0.29, 0.717) is 5.95 Å². The summed E-state index contributed by atoms with van der Waals surface area (Å²) in [5, 5.41) is 0. The van der Waals surface area contributed by atoms with Crippen molar-refractivity contribution in [2.75, 3.05) is 19.5 Å². The predicted octanol–water partition coefficient (Wildman–Crippen LogP) is 1.65. The Balaban J connectivity index is 2.28. The van der Waals surface area contributed by atoms with Crippen LogP contribution in [0.5, 0.6) is 0 Å². The summed E-state index contributed by atoms with van der Waals surface area (Å²) in [7, 11) is 1.70. The Kier molecular flexibility index (Phi) is 2.87. The molecule has 0 aliphatic heterocycles. The third-order valence-corrected chi connectivity index (χ3v) is 2.41. The van der Waals surface area contributed by atoms with Crippen LogP contribution >= 0.6 is 0 Å². The summed E-state index contributed by atoms with van der Waals surface area (Å²) in [6.45, 7) is 1.59. The second kappa shape index (κ2) is 4.31. The summed E-state index contributed by atoms with van der Waals surface area (Å²) in [5.41, 5.74) is 7.89. The monoisotopic (exact) mass is 205 g/mol. The van der Waals surface area contributed by atoms with Gasteiger partial charge in [0.1, 0.15) is 0 Å². The number of fused-ring (bicyclic) bond motifs is 1. The van der Waals surface area contributed by atoms with Crippen LogP contribution < -0.4 is 5.73 Å². The maximum atomic E-state index is 5.85. The van der Waals surface area contributed by atoms with Gasteiger partial charge in [-0.15, -0.1) is 0 Å². The number of methoxy groups -OCH3 is 1. The molecule has 0 spiro atoms. The smallest absolute Gasteiger partial charge is 0.201 e. The highest BCUT2D eigenvalue weighted by atomic mass is 16.5. The van der Waals surface area contributed by atoms with Crippen LogP contribution in [0.3, 0.4) is 0 Å². The molecule has 4 nitrogen and oxygen atoms in total. The molecule has 4 heteroatoms. The normalized spacial score (nSPS) is 11.0. The molecule has 0 saturated carbocycles. The Bertz CT molecular complexity index is 450. The molecule has 1 heterocycles. The molecule has 2 N–H and O–H groups in total. The minimum Gasteiger partial charge on any atom is -0.385 e. The van der Waals surface area contributed by atoms with E-state index in [-0.39, 0.29) is 0 Å². The number of aryl methyl sites for hydroxylation is 1. The fraction of sp³-hybridized carbons (Fsp3) is 0.364. The van der Waals surface area contributed by atoms with Crippen LogP contribution in [0, 0.1) is 0 Å². The van der Waals surface area contributed by atoms with Crippen molar-refractivity contribution in [2.45, 2.75) is 13.0 Å². The van der Waals surface area contributed by atoms with Gasteiger partial charge in [0.15, 0.2) is 0 Å². The van der Waals surface area contributed by atoms with E-state index < -0.39 is 0 Å². The first kappa shape index (κ1) is 9.98. The van der Waals surface area contributed by atoms with Crippen molar-refractivity contribution < 1.29 is 4.74 Å². The zero-order chi connectivity index (χ0) is 10.7. The van der Waals surface area contributed by atoms with Gasteiger partial charge in [0, 0.05) is 20.3 Å². The van der Waals surface area contributed by atoms with Gasteiger partial charge in [-0.25, -0.2) is 4.98 Å². The number of benzene rings is 1. The van der Waals surface area contributed by atoms with E-state index in [1.807, 2.05) is 28.8 Å². The van der Waals surface area contributed by atoms with Gasteiger partial charge in [-0.3, -0.25) is 0 Å². The molecule has 1 aromatic carbocycles. The molecule has 0 atom stereocenters. The molecule has 0 aliphatic carbocycles. The lowest BCUT2D eigenvalue weighted by Crippen LogP contribution is -2.05. The third kappa shape index (κ3) is 1.94. The number of nitrogens with zero attached hydrogens (tertiary/aromatic N) is 2. The van der Waals surface area contributed by atoms with Crippen LogP contribution in [0.15, 0.2) is 24.3 Å². The van der Waals surface area contributed by atoms with Crippen LogP contribution in [0.25, 0.3) is 11.0 Å². The largest absolute Gasteiger partial charge is 0.385 e. The summed E-state index contributed by atoms with van der Waals surface area (Å²) in [5.74, 6) is 0.576. The van der Waals surface area contributed by atoms with Crippen LogP contribution in [0.4, 0.5) is 5.95 Å². The number of imidazole rings is 1. The fourth-order valence-corrected chi connectivity index (χ4v) is 1.70. The molecule has 0 saturated heterocycles. The quantitative estimate of drug-likeness (QED) is 0.772. The lowest BCUT2D eigenvalue weighted by molar-refractivity contribution is 0.191. The van der Waals surface area contributed by atoms with Gasteiger partial charge < -0.3 is 15.0 Å². The topological polar surface area (TPSA) is 53.1 Å². The first-order valence-electron chi connectivity index (χ1n) is 5.02. The van der Waals surface area contributed by atoms with E-state index in [4.69, 9.17) is 10.5 Å². The lowest BCUT2D eigenvalue weighted by Gasteiger charge is -2.05. The number of nitrogens with two attached hydrogens (primary N) is 1. The van der Waals surface area contributed by atoms with Gasteiger partial charge in [-0.05, 0) is 18.6 Å². The number of para-hydroxylation sites is 2. The van der Waals surface area contributed by atoms with E-state index in [9.17, 15) is 0 Å². The molecule has 0 aliphatic rings. The first-order chi connectivity index (χ1) is 7.33. The maximum absolute atomic E-state index is 5.85. The van der Waals surface area contributed by atoms with E-state index in [1.165, 1.54) is 0 Å². The van der Waals surface area contributed by atoms with Gasteiger partial charge in [0.05, 0.1) is 11.0 Å². The number of aromatic nitrogens is 2. The van der Waals surface area contributed by atoms with Crippen molar-refractivity contribution in [1.82, 2.24) is 9.55 Å². The zero-order valence-electron chi connectivity index (χ0n) is 8.81. The van der Waals surface area contributed by atoms with Gasteiger partial charge in [-0.1, -0.05) is 12.1 Å². The Labute approximate surface area is 88.7 Å². The minimum absolute atomic E-state index is 0.576. The van der Waals surface area contributed by atoms with Crippen molar-refractivity contribution in [3.63, 3.8) is 0 Å². The van der Waals surface area contributed by atoms with Gasteiger partial charge in [0.2, 0.25) is 5.95 Å². The highest BCUT2D eigenvalue weighted by Crippen LogP contribution is 2.17. The Hall–Kier alpha value is -1.55. The number of ether oxygens (including phenoxy) is 1. The number of hydrogen-bond acceptors (Lipinski definition) is 3. The highest BCUT2D eigenvalue weighted by Gasteiger charge is 2.05. The standard InChI is InChI=1S/C11H15N3O/c1-15-8-4-7-14-10-6-3-2-5-9(10)13-11(14)12/h2-3,5-6H,4,7-8H2,1H3,(H2,12,13). The highest BCUT2D eigenvalue weighted by molar-refractivity contribution is 5.78. The average molecular weight is 205 g/mol. The molecule has 2 rings (SSSR count). The van der Waals surface area contributed by atoms with Crippen LogP contribution in [-0.2, 0) is 11.3 Å². The Morgan fingerprint density at radius 2 is 2.20 bits per heavy atom. The molecule has 0 radical (unpaired) electrons. The number of anilines is 1. The molecule has 0 unspecified atom stereocenters. The number of rotatable bonds is 4. The van der Waals surface area contributed by atoms with E-state index in [0.717, 1.165) is 30.6 Å². The second-order valence-electron chi connectivity index (χ2n) is 3.46. The van der Waals surface area contributed by atoms with E-state index in [1.54, 1.807) is 7.11 Å². The minimum atomic E-state index is 0.576. The van der Waals surface area contributed by atoms with E-state index in [2.05, 4.69) is 4.98 Å². The molecule has 0 bridgehead atoms. The Morgan fingerprint density at radius 3 is 3.00 bits per heavy atom. The Morgan fingerprint density at radius 1 is 1.40 bits per heavy atom. The molecule has 0 amide bonds. The van der Waals surface area contributed by atoms with Gasteiger partial charge in [-0.2, -0.15) is 0 Å². The second-order valence-corrected chi connectivity index (χ2v) is 3.46.